The Morgan fingerprint density at radius 1 is 1.25 bits per heavy atom. The molecule has 1 N–H and O–H groups in total. The highest BCUT2D eigenvalue weighted by atomic mass is 16.2. The van der Waals surface area contributed by atoms with Crippen LogP contribution in [0.25, 0.3) is 0 Å². The second kappa shape index (κ2) is 4.34. The fourth-order valence-electron chi connectivity index (χ4n) is 5.50. The maximum absolute atomic E-state index is 12.2. The van der Waals surface area contributed by atoms with Crippen LogP contribution in [0.2, 0.25) is 0 Å². The van der Waals surface area contributed by atoms with Gasteiger partial charge < -0.3 is 5.32 Å². The van der Waals surface area contributed by atoms with Gasteiger partial charge in [-0.05, 0) is 68.6 Å². The molecular weight excluding hydrogens is 250 g/mol. The highest BCUT2D eigenvalue weighted by molar-refractivity contribution is 5.76. The molecule has 1 aromatic heterocycles. The van der Waals surface area contributed by atoms with Crippen molar-refractivity contribution in [1.29, 1.82) is 0 Å². The van der Waals surface area contributed by atoms with E-state index in [2.05, 4.69) is 17.2 Å². The quantitative estimate of drug-likeness (QED) is 0.900. The first kappa shape index (κ1) is 12.4. The first-order valence-electron chi connectivity index (χ1n) is 7.93. The number of carbonyl (C=O) groups excluding carboxylic acids is 1. The summed E-state index contributed by atoms with van der Waals surface area (Å²) < 4.78 is 1.54. The van der Waals surface area contributed by atoms with E-state index in [1.165, 1.54) is 43.1 Å². The SMILES string of the molecule is C[C@@H](NC(=O)n1ccnc1)C12CC3CC(CC(C3)C1)C2. The van der Waals surface area contributed by atoms with Crippen molar-refractivity contribution in [2.24, 2.45) is 23.2 Å². The monoisotopic (exact) mass is 273 g/mol. The molecule has 4 heteroatoms. The molecule has 1 atom stereocenters. The predicted molar refractivity (Wildman–Crippen MR) is 76.2 cm³/mol. The standard InChI is InChI=1S/C16H23N3O/c1-11(18-15(20)19-3-2-17-10-19)16-7-12-4-13(8-16)6-14(5-12)9-16/h2-3,10-14H,4-9H2,1H3,(H,18,20)/t11-,12?,13?,14?,16?/m1/s1. The zero-order valence-electron chi connectivity index (χ0n) is 12.1. The third-order valence-electron chi connectivity index (χ3n) is 6.08. The van der Waals surface area contributed by atoms with E-state index >= 15 is 0 Å². The number of hydrogen-bond acceptors (Lipinski definition) is 2. The largest absolute Gasteiger partial charge is 0.334 e. The van der Waals surface area contributed by atoms with Crippen LogP contribution in [-0.2, 0) is 0 Å². The minimum atomic E-state index is -0.0363. The molecular formula is C16H23N3O. The lowest BCUT2D eigenvalue weighted by atomic mass is 9.48. The van der Waals surface area contributed by atoms with Gasteiger partial charge >= 0.3 is 6.03 Å². The van der Waals surface area contributed by atoms with E-state index in [4.69, 9.17) is 0 Å². The van der Waals surface area contributed by atoms with Gasteiger partial charge in [0.25, 0.3) is 0 Å². The van der Waals surface area contributed by atoms with E-state index in [0.717, 1.165) is 17.8 Å². The summed E-state index contributed by atoms with van der Waals surface area (Å²) >= 11 is 0. The van der Waals surface area contributed by atoms with Gasteiger partial charge in [-0.2, -0.15) is 0 Å². The second-order valence-electron chi connectivity index (χ2n) is 7.42. The van der Waals surface area contributed by atoms with E-state index in [-0.39, 0.29) is 12.1 Å². The summed E-state index contributed by atoms with van der Waals surface area (Å²) in [6, 6.07) is 0.233. The summed E-state index contributed by atoms with van der Waals surface area (Å²) in [6.45, 7) is 2.21. The van der Waals surface area contributed by atoms with Gasteiger partial charge in [0.05, 0.1) is 0 Å². The van der Waals surface area contributed by atoms with Crippen LogP contribution >= 0.6 is 0 Å². The number of aromatic nitrogens is 2. The first-order valence-corrected chi connectivity index (χ1v) is 7.93. The van der Waals surface area contributed by atoms with Crippen LogP contribution in [0, 0.1) is 23.2 Å². The third kappa shape index (κ3) is 1.88. The van der Waals surface area contributed by atoms with Gasteiger partial charge in [0.1, 0.15) is 6.33 Å². The Morgan fingerprint density at radius 2 is 1.85 bits per heavy atom. The Balaban J connectivity index is 1.51. The van der Waals surface area contributed by atoms with Crippen molar-refractivity contribution in [2.75, 3.05) is 0 Å². The molecule has 0 aromatic carbocycles. The van der Waals surface area contributed by atoms with Crippen LogP contribution in [0.1, 0.15) is 45.4 Å². The smallest absolute Gasteiger partial charge is 0.327 e. The molecule has 108 valence electrons. The number of nitrogens with one attached hydrogen (secondary N) is 1. The van der Waals surface area contributed by atoms with E-state index in [1.54, 1.807) is 18.7 Å². The van der Waals surface area contributed by atoms with Gasteiger partial charge in [0, 0.05) is 18.4 Å². The lowest BCUT2D eigenvalue weighted by Crippen LogP contribution is -2.56. The molecule has 0 aliphatic heterocycles. The summed E-state index contributed by atoms with van der Waals surface area (Å²) in [5, 5.41) is 3.22. The molecule has 4 nitrogen and oxygen atoms in total. The van der Waals surface area contributed by atoms with Crippen LogP contribution in [0.15, 0.2) is 18.7 Å². The van der Waals surface area contributed by atoms with Crippen molar-refractivity contribution in [1.82, 2.24) is 14.9 Å². The van der Waals surface area contributed by atoms with Gasteiger partial charge in [-0.3, -0.25) is 4.57 Å². The fraction of sp³-hybridized carbons (Fsp3) is 0.750. The molecule has 0 radical (unpaired) electrons. The van der Waals surface area contributed by atoms with E-state index < -0.39 is 0 Å². The Hall–Kier alpha value is -1.32. The molecule has 1 aromatic rings. The van der Waals surface area contributed by atoms with Crippen LogP contribution < -0.4 is 5.32 Å². The molecule has 0 spiro atoms. The van der Waals surface area contributed by atoms with Gasteiger partial charge in [-0.15, -0.1) is 0 Å². The molecule has 0 unspecified atom stereocenters. The Bertz CT molecular complexity index is 473. The maximum Gasteiger partial charge on any atom is 0.327 e. The first-order chi connectivity index (χ1) is 9.64. The Kier molecular flexibility index (Phi) is 2.69. The number of rotatable bonds is 2. The van der Waals surface area contributed by atoms with Gasteiger partial charge in [0.15, 0.2) is 0 Å². The van der Waals surface area contributed by atoms with Crippen LogP contribution in [0.4, 0.5) is 4.79 Å². The third-order valence-corrected chi connectivity index (χ3v) is 6.08. The molecule has 4 fully saturated rings. The molecule has 1 amide bonds. The van der Waals surface area contributed by atoms with Gasteiger partial charge in [-0.25, -0.2) is 9.78 Å². The zero-order chi connectivity index (χ0) is 13.7. The van der Waals surface area contributed by atoms with Crippen LogP contribution in [0.5, 0.6) is 0 Å². The van der Waals surface area contributed by atoms with Crippen LogP contribution in [0.3, 0.4) is 0 Å². The number of hydrogen-bond donors (Lipinski definition) is 1. The fourth-order valence-corrected chi connectivity index (χ4v) is 5.50. The minimum Gasteiger partial charge on any atom is -0.334 e. The van der Waals surface area contributed by atoms with E-state index in [1.807, 2.05) is 0 Å². The lowest BCUT2D eigenvalue weighted by molar-refractivity contribution is -0.0682. The molecule has 4 aliphatic carbocycles. The van der Waals surface area contributed by atoms with Crippen LogP contribution in [-0.4, -0.2) is 21.6 Å². The summed E-state index contributed by atoms with van der Waals surface area (Å²) in [6.07, 6.45) is 13.2. The molecule has 5 rings (SSSR count). The normalized spacial score (nSPS) is 39.8. The molecule has 20 heavy (non-hydrogen) atoms. The number of nitrogens with zero attached hydrogens (tertiary/aromatic N) is 2. The number of amides is 1. The van der Waals surface area contributed by atoms with Crippen molar-refractivity contribution in [3.8, 4) is 0 Å². The average molecular weight is 273 g/mol. The van der Waals surface area contributed by atoms with Gasteiger partial charge in [-0.1, -0.05) is 0 Å². The van der Waals surface area contributed by atoms with Gasteiger partial charge in [0.2, 0.25) is 0 Å². The zero-order valence-corrected chi connectivity index (χ0v) is 12.1. The average Bonchev–Trinajstić information content (AvgIpc) is 2.90. The van der Waals surface area contributed by atoms with Crippen molar-refractivity contribution in [3.05, 3.63) is 18.7 Å². The lowest BCUT2D eigenvalue weighted by Gasteiger charge is -2.59. The van der Waals surface area contributed by atoms with Crippen molar-refractivity contribution in [3.63, 3.8) is 0 Å². The maximum atomic E-state index is 12.2. The Labute approximate surface area is 120 Å². The summed E-state index contributed by atoms with van der Waals surface area (Å²) in [5.74, 6) is 2.77. The van der Waals surface area contributed by atoms with E-state index in [9.17, 15) is 4.79 Å². The molecule has 1 heterocycles. The second-order valence-corrected chi connectivity index (χ2v) is 7.42. The Morgan fingerprint density at radius 3 is 2.35 bits per heavy atom. The number of carbonyl (C=O) groups is 1. The predicted octanol–water partition coefficient (Wildman–Crippen LogP) is 3.05. The van der Waals surface area contributed by atoms with Crippen molar-refractivity contribution >= 4 is 6.03 Å². The minimum absolute atomic E-state index is 0.0363. The summed E-state index contributed by atoms with van der Waals surface area (Å²) in [7, 11) is 0. The molecule has 4 saturated carbocycles. The molecule has 0 saturated heterocycles. The topological polar surface area (TPSA) is 46.9 Å². The molecule has 4 aliphatic rings. The molecule has 4 bridgehead atoms. The van der Waals surface area contributed by atoms with Crippen molar-refractivity contribution < 1.29 is 4.79 Å². The van der Waals surface area contributed by atoms with E-state index in [0.29, 0.717) is 5.41 Å². The number of imidazole rings is 1. The van der Waals surface area contributed by atoms with Crippen molar-refractivity contribution in [2.45, 2.75) is 51.5 Å². The summed E-state index contributed by atoms with van der Waals surface area (Å²) in [4.78, 5) is 16.2. The highest BCUT2D eigenvalue weighted by Crippen LogP contribution is 2.61. The highest BCUT2D eigenvalue weighted by Gasteiger charge is 2.53. The summed E-state index contributed by atoms with van der Waals surface area (Å²) in [5.41, 5.74) is 0.366.